The second-order valence-electron chi connectivity index (χ2n) is 5.59. The lowest BCUT2D eigenvalue weighted by Crippen LogP contribution is -2.41. The minimum atomic E-state index is -0.766. The molecule has 0 amide bonds. The van der Waals surface area contributed by atoms with E-state index in [1.807, 2.05) is 27.7 Å². The largest absolute Gasteiger partial charge is 0.481 e. The van der Waals surface area contributed by atoms with E-state index in [-0.39, 0.29) is 5.97 Å². The number of carbonyl (C=O) groups excluding carboxylic acids is 1. The summed E-state index contributed by atoms with van der Waals surface area (Å²) in [6.07, 6.45) is 1.79. The van der Waals surface area contributed by atoms with Crippen LogP contribution >= 0.6 is 0 Å². The third kappa shape index (κ3) is 4.82. The molecule has 5 heteroatoms. The highest BCUT2D eigenvalue weighted by Crippen LogP contribution is 2.26. The first-order valence-corrected chi connectivity index (χ1v) is 6.78. The number of nitrogens with one attached hydrogen (secondary N) is 1. The van der Waals surface area contributed by atoms with Crippen LogP contribution in [0, 0.1) is 10.8 Å². The van der Waals surface area contributed by atoms with Crippen molar-refractivity contribution in [1.82, 2.24) is 5.32 Å². The van der Waals surface area contributed by atoms with Crippen LogP contribution in [0.4, 0.5) is 0 Å². The summed E-state index contributed by atoms with van der Waals surface area (Å²) in [6, 6.07) is 0. The van der Waals surface area contributed by atoms with E-state index in [1.54, 1.807) is 0 Å². The molecule has 0 aromatic rings. The van der Waals surface area contributed by atoms with Gasteiger partial charge in [0.15, 0.2) is 0 Å². The molecule has 5 nitrogen and oxygen atoms in total. The lowest BCUT2D eigenvalue weighted by atomic mass is 9.82. The molecule has 0 fully saturated rings. The van der Waals surface area contributed by atoms with Crippen LogP contribution in [0.3, 0.4) is 0 Å². The van der Waals surface area contributed by atoms with E-state index in [1.165, 1.54) is 7.11 Å². The van der Waals surface area contributed by atoms with E-state index < -0.39 is 16.8 Å². The number of carboxylic acid groups (broad SMARTS) is 1. The smallest absolute Gasteiger partial charge is 0.311 e. The van der Waals surface area contributed by atoms with Gasteiger partial charge in [0, 0.05) is 6.54 Å². The molecule has 0 heterocycles. The third-order valence-corrected chi connectivity index (χ3v) is 3.94. The van der Waals surface area contributed by atoms with Crippen molar-refractivity contribution in [2.75, 3.05) is 20.2 Å². The molecule has 0 saturated carbocycles. The summed E-state index contributed by atoms with van der Waals surface area (Å²) in [5, 5.41) is 12.5. The van der Waals surface area contributed by atoms with Crippen molar-refractivity contribution < 1.29 is 19.4 Å². The summed E-state index contributed by atoms with van der Waals surface area (Å²) >= 11 is 0. The molecule has 0 unspecified atom stereocenters. The van der Waals surface area contributed by atoms with Crippen molar-refractivity contribution in [3.05, 3.63) is 0 Å². The lowest BCUT2D eigenvalue weighted by Gasteiger charge is -2.28. The van der Waals surface area contributed by atoms with E-state index in [2.05, 4.69) is 5.32 Å². The number of aliphatic carboxylic acids is 1. The highest BCUT2D eigenvalue weighted by Gasteiger charge is 2.34. The molecule has 0 aromatic carbocycles. The molecule has 0 saturated heterocycles. The Morgan fingerprint density at radius 3 is 2.11 bits per heavy atom. The molecule has 0 aliphatic heterocycles. The Morgan fingerprint density at radius 2 is 1.74 bits per heavy atom. The Bertz CT molecular complexity index is 309. The fourth-order valence-corrected chi connectivity index (χ4v) is 1.98. The van der Waals surface area contributed by atoms with Crippen LogP contribution in [0.2, 0.25) is 0 Å². The Morgan fingerprint density at radius 1 is 1.21 bits per heavy atom. The zero-order valence-corrected chi connectivity index (χ0v) is 12.7. The van der Waals surface area contributed by atoms with Gasteiger partial charge >= 0.3 is 11.9 Å². The summed E-state index contributed by atoms with van der Waals surface area (Å²) in [4.78, 5) is 22.8. The number of rotatable bonds is 9. The van der Waals surface area contributed by atoms with Crippen LogP contribution in [-0.4, -0.2) is 37.2 Å². The molecular formula is C14H27NO4. The molecule has 0 aliphatic rings. The molecule has 0 bridgehead atoms. The SMILES string of the molecule is CCC(CC)(CNCCC(C)(C)C(=O)OC)C(=O)O. The molecule has 2 N–H and O–H groups in total. The predicted molar refractivity (Wildman–Crippen MR) is 73.9 cm³/mol. The number of carboxylic acids is 1. The van der Waals surface area contributed by atoms with Gasteiger partial charge in [0.1, 0.15) is 0 Å². The number of ether oxygens (including phenoxy) is 1. The van der Waals surface area contributed by atoms with Crippen molar-refractivity contribution in [2.24, 2.45) is 10.8 Å². The van der Waals surface area contributed by atoms with Gasteiger partial charge in [-0.15, -0.1) is 0 Å². The van der Waals surface area contributed by atoms with Gasteiger partial charge in [0.05, 0.1) is 17.9 Å². The average Bonchev–Trinajstić information content (AvgIpc) is 2.38. The van der Waals surface area contributed by atoms with Gasteiger partial charge < -0.3 is 15.2 Å². The van der Waals surface area contributed by atoms with E-state index in [0.29, 0.717) is 32.4 Å². The number of hydrogen-bond donors (Lipinski definition) is 2. The lowest BCUT2D eigenvalue weighted by molar-refractivity contribution is -0.151. The molecule has 0 spiro atoms. The zero-order chi connectivity index (χ0) is 15.1. The molecule has 0 radical (unpaired) electrons. The van der Waals surface area contributed by atoms with Gasteiger partial charge in [-0.1, -0.05) is 13.8 Å². The fourth-order valence-electron chi connectivity index (χ4n) is 1.98. The fraction of sp³-hybridized carbons (Fsp3) is 0.857. The molecular weight excluding hydrogens is 246 g/mol. The van der Waals surface area contributed by atoms with Crippen LogP contribution < -0.4 is 5.32 Å². The average molecular weight is 273 g/mol. The number of esters is 1. The van der Waals surface area contributed by atoms with Gasteiger partial charge in [0.25, 0.3) is 0 Å². The highest BCUT2D eigenvalue weighted by atomic mass is 16.5. The molecule has 0 atom stereocenters. The van der Waals surface area contributed by atoms with Crippen LogP contribution in [0.5, 0.6) is 0 Å². The maximum absolute atomic E-state index is 11.5. The Balaban J connectivity index is 4.30. The summed E-state index contributed by atoms with van der Waals surface area (Å²) in [5.41, 5.74) is -1.26. The summed E-state index contributed by atoms with van der Waals surface area (Å²) in [7, 11) is 1.38. The monoisotopic (exact) mass is 273 g/mol. The molecule has 0 aromatic heterocycles. The van der Waals surface area contributed by atoms with Gasteiger partial charge in [0.2, 0.25) is 0 Å². The minimum absolute atomic E-state index is 0.246. The van der Waals surface area contributed by atoms with Crippen molar-refractivity contribution in [2.45, 2.75) is 47.0 Å². The Hall–Kier alpha value is -1.10. The van der Waals surface area contributed by atoms with Crippen molar-refractivity contribution in [3.8, 4) is 0 Å². The predicted octanol–water partition coefficient (Wildman–Crippen LogP) is 2.06. The third-order valence-electron chi connectivity index (χ3n) is 3.94. The Labute approximate surface area is 115 Å². The second kappa shape index (κ2) is 7.48. The Kier molecular flexibility index (Phi) is 7.05. The van der Waals surface area contributed by atoms with Crippen molar-refractivity contribution >= 4 is 11.9 Å². The van der Waals surface area contributed by atoms with Crippen LogP contribution in [-0.2, 0) is 14.3 Å². The molecule has 112 valence electrons. The van der Waals surface area contributed by atoms with Crippen molar-refractivity contribution in [3.63, 3.8) is 0 Å². The standard InChI is InChI=1S/C14H27NO4/c1-6-14(7-2,11(16)17)10-15-9-8-13(3,4)12(18)19-5/h15H,6-10H2,1-5H3,(H,16,17). The maximum Gasteiger partial charge on any atom is 0.311 e. The summed E-state index contributed by atoms with van der Waals surface area (Å²) < 4.78 is 4.73. The second-order valence-corrected chi connectivity index (χ2v) is 5.59. The first-order valence-electron chi connectivity index (χ1n) is 6.78. The molecule has 0 aliphatic carbocycles. The normalized spacial score (nSPS) is 12.3. The van der Waals surface area contributed by atoms with E-state index >= 15 is 0 Å². The van der Waals surface area contributed by atoms with Gasteiger partial charge in [-0.05, 0) is 39.7 Å². The minimum Gasteiger partial charge on any atom is -0.481 e. The van der Waals surface area contributed by atoms with Gasteiger partial charge in [-0.3, -0.25) is 9.59 Å². The number of hydrogen-bond acceptors (Lipinski definition) is 4. The molecule has 19 heavy (non-hydrogen) atoms. The van der Waals surface area contributed by atoms with Gasteiger partial charge in [-0.25, -0.2) is 0 Å². The van der Waals surface area contributed by atoms with Crippen LogP contribution in [0.1, 0.15) is 47.0 Å². The van der Waals surface area contributed by atoms with E-state index in [0.717, 1.165) is 0 Å². The quantitative estimate of drug-likeness (QED) is 0.497. The summed E-state index contributed by atoms with van der Waals surface area (Å²) in [6.45, 7) is 8.44. The van der Waals surface area contributed by atoms with E-state index in [4.69, 9.17) is 4.74 Å². The summed E-state index contributed by atoms with van der Waals surface area (Å²) in [5.74, 6) is -1.01. The first kappa shape index (κ1) is 17.9. The number of methoxy groups -OCH3 is 1. The number of carbonyl (C=O) groups is 2. The van der Waals surface area contributed by atoms with Crippen LogP contribution in [0.25, 0.3) is 0 Å². The van der Waals surface area contributed by atoms with Crippen molar-refractivity contribution in [1.29, 1.82) is 0 Å². The topological polar surface area (TPSA) is 75.6 Å². The zero-order valence-electron chi connectivity index (χ0n) is 12.7. The van der Waals surface area contributed by atoms with E-state index in [9.17, 15) is 14.7 Å². The first-order chi connectivity index (χ1) is 8.75. The molecule has 0 rings (SSSR count). The van der Waals surface area contributed by atoms with Crippen LogP contribution in [0.15, 0.2) is 0 Å². The highest BCUT2D eigenvalue weighted by molar-refractivity contribution is 5.75. The van der Waals surface area contributed by atoms with Gasteiger partial charge in [-0.2, -0.15) is 0 Å². The maximum atomic E-state index is 11.5.